The van der Waals surface area contributed by atoms with Gasteiger partial charge in [0.2, 0.25) is 5.91 Å². The van der Waals surface area contributed by atoms with Gasteiger partial charge in [-0.1, -0.05) is 31.8 Å². The van der Waals surface area contributed by atoms with E-state index in [9.17, 15) is 4.79 Å². The summed E-state index contributed by atoms with van der Waals surface area (Å²) in [6, 6.07) is 0. The summed E-state index contributed by atoms with van der Waals surface area (Å²) >= 11 is 1.79. The Hall–Kier alpha value is -0.480. The van der Waals surface area contributed by atoms with Crippen molar-refractivity contribution in [2.45, 2.75) is 38.5 Å². The van der Waals surface area contributed by atoms with Crippen LogP contribution in [-0.4, -0.2) is 30.5 Å². The van der Waals surface area contributed by atoms with Gasteiger partial charge in [0.15, 0.2) is 0 Å². The molecule has 4 heteroatoms. The number of amides is 1. The van der Waals surface area contributed by atoms with Crippen LogP contribution in [0.2, 0.25) is 0 Å². The molecule has 0 heterocycles. The van der Waals surface area contributed by atoms with Gasteiger partial charge in [0.25, 0.3) is 0 Å². The summed E-state index contributed by atoms with van der Waals surface area (Å²) < 4.78 is 0. The molecule has 3 nitrogen and oxygen atoms in total. The van der Waals surface area contributed by atoms with Crippen LogP contribution in [0.15, 0.2) is 12.7 Å². The van der Waals surface area contributed by atoms with Crippen molar-refractivity contribution in [2.75, 3.05) is 24.6 Å². The van der Waals surface area contributed by atoms with Crippen LogP contribution >= 0.6 is 11.8 Å². The molecule has 0 spiro atoms. The predicted octanol–water partition coefficient (Wildman–Crippen LogP) is 2.32. The Morgan fingerprint density at radius 3 is 2.56 bits per heavy atom. The SMILES string of the molecule is C=CCSCCNC(=O)C1(CN)CCCCCC1. The number of rotatable bonds is 7. The zero-order chi connectivity index (χ0) is 13.3. The molecular formula is C14H26N2OS. The van der Waals surface area contributed by atoms with Crippen LogP contribution in [0, 0.1) is 5.41 Å². The summed E-state index contributed by atoms with van der Waals surface area (Å²) in [5.74, 6) is 2.06. The standard InChI is InChI=1S/C14H26N2OS/c1-2-10-18-11-9-16-13(17)14(12-15)7-5-3-4-6-8-14/h2H,1,3-12,15H2,(H,16,17). The van der Waals surface area contributed by atoms with Crippen LogP contribution in [0.25, 0.3) is 0 Å². The third-order valence-electron chi connectivity index (χ3n) is 3.70. The van der Waals surface area contributed by atoms with Crippen molar-refractivity contribution in [2.24, 2.45) is 11.1 Å². The highest BCUT2D eigenvalue weighted by atomic mass is 32.2. The molecule has 18 heavy (non-hydrogen) atoms. The van der Waals surface area contributed by atoms with Crippen LogP contribution in [0.4, 0.5) is 0 Å². The first-order valence-electron chi connectivity index (χ1n) is 6.92. The lowest BCUT2D eigenvalue weighted by atomic mass is 9.79. The minimum Gasteiger partial charge on any atom is -0.355 e. The molecule has 1 aliphatic rings. The van der Waals surface area contributed by atoms with Crippen LogP contribution in [0.1, 0.15) is 38.5 Å². The van der Waals surface area contributed by atoms with Gasteiger partial charge in [-0.3, -0.25) is 4.79 Å². The largest absolute Gasteiger partial charge is 0.355 e. The number of carbonyl (C=O) groups is 1. The van der Waals surface area contributed by atoms with Gasteiger partial charge in [0, 0.05) is 24.6 Å². The summed E-state index contributed by atoms with van der Waals surface area (Å²) in [4.78, 5) is 12.3. The van der Waals surface area contributed by atoms with E-state index in [1.807, 2.05) is 6.08 Å². The number of hydrogen-bond donors (Lipinski definition) is 2. The minimum absolute atomic E-state index is 0.172. The summed E-state index contributed by atoms with van der Waals surface area (Å²) in [7, 11) is 0. The van der Waals surface area contributed by atoms with Crippen molar-refractivity contribution in [1.82, 2.24) is 5.32 Å². The first kappa shape index (κ1) is 15.6. The van der Waals surface area contributed by atoms with Gasteiger partial charge >= 0.3 is 0 Å². The molecule has 0 aliphatic heterocycles. The molecule has 0 atom stereocenters. The summed E-state index contributed by atoms with van der Waals surface area (Å²) in [6.45, 7) is 4.90. The Balaban J connectivity index is 2.38. The van der Waals surface area contributed by atoms with Gasteiger partial charge in [0.1, 0.15) is 0 Å². The van der Waals surface area contributed by atoms with Crippen molar-refractivity contribution in [1.29, 1.82) is 0 Å². The zero-order valence-corrected chi connectivity index (χ0v) is 12.1. The molecular weight excluding hydrogens is 244 g/mol. The molecule has 0 aromatic carbocycles. The van der Waals surface area contributed by atoms with Crippen LogP contribution < -0.4 is 11.1 Å². The van der Waals surface area contributed by atoms with Crippen LogP contribution in [-0.2, 0) is 4.79 Å². The van der Waals surface area contributed by atoms with Gasteiger partial charge in [-0.25, -0.2) is 0 Å². The molecule has 1 amide bonds. The summed E-state index contributed by atoms with van der Waals surface area (Å²) in [5, 5.41) is 3.06. The lowest BCUT2D eigenvalue weighted by Gasteiger charge is -2.29. The number of nitrogens with one attached hydrogen (secondary N) is 1. The fourth-order valence-corrected chi connectivity index (χ4v) is 3.10. The third-order valence-corrected chi connectivity index (χ3v) is 4.66. The Morgan fingerprint density at radius 2 is 2.00 bits per heavy atom. The number of nitrogens with two attached hydrogens (primary N) is 1. The lowest BCUT2D eigenvalue weighted by molar-refractivity contribution is -0.131. The molecule has 1 aliphatic carbocycles. The van der Waals surface area contributed by atoms with Crippen molar-refractivity contribution in [3.05, 3.63) is 12.7 Å². The van der Waals surface area contributed by atoms with Crippen molar-refractivity contribution in [3.63, 3.8) is 0 Å². The van der Waals surface area contributed by atoms with Gasteiger partial charge in [-0.2, -0.15) is 11.8 Å². The predicted molar refractivity (Wildman–Crippen MR) is 79.7 cm³/mol. The second-order valence-electron chi connectivity index (χ2n) is 5.02. The highest BCUT2D eigenvalue weighted by molar-refractivity contribution is 7.99. The van der Waals surface area contributed by atoms with E-state index < -0.39 is 0 Å². The minimum atomic E-state index is -0.292. The van der Waals surface area contributed by atoms with E-state index in [-0.39, 0.29) is 11.3 Å². The lowest BCUT2D eigenvalue weighted by Crippen LogP contribution is -2.46. The van der Waals surface area contributed by atoms with E-state index in [1.165, 1.54) is 12.8 Å². The Kier molecular flexibility index (Phi) is 7.44. The van der Waals surface area contributed by atoms with Crippen molar-refractivity contribution in [3.8, 4) is 0 Å². The van der Waals surface area contributed by atoms with Crippen molar-refractivity contribution < 1.29 is 4.79 Å². The topological polar surface area (TPSA) is 55.1 Å². The first-order chi connectivity index (χ1) is 8.75. The van der Waals surface area contributed by atoms with Crippen LogP contribution in [0.5, 0.6) is 0 Å². The quantitative estimate of drug-likeness (QED) is 0.424. The second kappa shape index (κ2) is 8.59. The average molecular weight is 270 g/mol. The molecule has 1 saturated carbocycles. The summed E-state index contributed by atoms with van der Waals surface area (Å²) in [6.07, 6.45) is 8.55. The Bertz CT molecular complexity index is 261. The maximum atomic E-state index is 12.3. The zero-order valence-electron chi connectivity index (χ0n) is 11.2. The maximum absolute atomic E-state index is 12.3. The van der Waals surface area contributed by atoms with E-state index in [1.54, 1.807) is 11.8 Å². The van der Waals surface area contributed by atoms with Gasteiger partial charge in [-0.15, -0.1) is 6.58 Å². The normalized spacial score (nSPS) is 18.9. The monoisotopic (exact) mass is 270 g/mol. The molecule has 0 aromatic rings. The maximum Gasteiger partial charge on any atom is 0.227 e. The van der Waals surface area contributed by atoms with E-state index in [2.05, 4.69) is 11.9 Å². The van der Waals surface area contributed by atoms with Gasteiger partial charge in [-0.05, 0) is 12.8 Å². The molecule has 0 aromatic heterocycles. The average Bonchev–Trinajstić information content (AvgIpc) is 2.64. The van der Waals surface area contributed by atoms with Crippen LogP contribution in [0.3, 0.4) is 0 Å². The van der Waals surface area contributed by atoms with E-state index >= 15 is 0 Å². The van der Waals surface area contributed by atoms with Gasteiger partial charge in [0.05, 0.1) is 5.41 Å². The Labute approximate surface area is 115 Å². The molecule has 0 saturated heterocycles. The van der Waals surface area contributed by atoms with Crippen molar-refractivity contribution >= 4 is 17.7 Å². The fraction of sp³-hybridized carbons (Fsp3) is 0.786. The Morgan fingerprint density at radius 1 is 1.33 bits per heavy atom. The van der Waals surface area contributed by atoms with E-state index in [0.29, 0.717) is 6.54 Å². The van der Waals surface area contributed by atoms with E-state index in [0.717, 1.165) is 43.7 Å². The third kappa shape index (κ3) is 4.65. The number of hydrogen-bond acceptors (Lipinski definition) is 3. The van der Waals surface area contributed by atoms with E-state index in [4.69, 9.17) is 5.73 Å². The smallest absolute Gasteiger partial charge is 0.227 e. The highest BCUT2D eigenvalue weighted by Crippen LogP contribution is 2.34. The second-order valence-corrected chi connectivity index (χ2v) is 6.17. The first-order valence-corrected chi connectivity index (χ1v) is 8.08. The molecule has 0 radical (unpaired) electrons. The summed E-state index contributed by atoms with van der Waals surface area (Å²) in [5.41, 5.74) is 5.59. The fourth-order valence-electron chi connectivity index (χ4n) is 2.52. The molecule has 1 rings (SSSR count). The molecule has 0 bridgehead atoms. The molecule has 0 unspecified atom stereocenters. The molecule has 104 valence electrons. The number of carbonyl (C=O) groups excluding carboxylic acids is 1. The highest BCUT2D eigenvalue weighted by Gasteiger charge is 2.36. The van der Waals surface area contributed by atoms with Gasteiger partial charge < -0.3 is 11.1 Å². The number of thioether (sulfide) groups is 1. The molecule has 1 fully saturated rings. The molecule has 3 N–H and O–H groups in total.